The van der Waals surface area contributed by atoms with E-state index in [0.29, 0.717) is 5.69 Å². The van der Waals surface area contributed by atoms with E-state index in [-0.39, 0.29) is 30.0 Å². The van der Waals surface area contributed by atoms with Crippen LogP contribution in [0.3, 0.4) is 0 Å². The molecule has 0 aliphatic carbocycles. The van der Waals surface area contributed by atoms with Crippen LogP contribution < -0.4 is 14.4 Å². The molecule has 8 heteroatoms. The van der Waals surface area contributed by atoms with Crippen LogP contribution in [0.5, 0.6) is 5.75 Å². The van der Waals surface area contributed by atoms with Crippen LogP contribution in [-0.2, 0) is 20.2 Å². The summed E-state index contributed by atoms with van der Waals surface area (Å²) in [5.41, 5.74) is 2.36. The predicted molar refractivity (Wildman–Crippen MR) is 143 cm³/mol. The lowest BCUT2D eigenvalue weighted by Crippen LogP contribution is -2.42. The van der Waals surface area contributed by atoms with Crippen LogP contribution in [0.2, 0.25) is 0 Å². The number of aryl methyl sites for hydroxylation is 1. The van der Waals surface area contributed by atoms with Crippen molar-refractivity contribution in [3.63, 3.8) is 0 Å². The van der Waals surface area contributed by atoms with Crippen molar-refractivity contribution in [3.05, 3.63) is 88.4 Å². The fraction of sp³-hybridized carbons (Fsp3) is 0.296. The maximum atomic E-state index is 13.4. The number of sulfonamides is 1. The Morgan fingerprint density at radius 3 is 2.23 bits per heavy atom. The fourth-order valence-electron chi connectivity index (χ4n) is 3.51. The first-order valence-electron chi connectivity index (χ1n) is 11.3. The summed E-state index contributed by atoms with van der Waals surface area (Å²) in [5, 5.41) is 2.78. The van der Waals surface area contributed by atoms with Gasteiger partial charge in [0.1, 0.15) is 18.9 Å². The molecule has 0 radical (unpaired) electrons. The van der Waals surface area contributed by atoms with Gasteiger partial charge >= 0.3 is 0 Å². The Labute approximate surface area is 216 Å². The number of carbonyl (C=O) groups excluding carboxylic acids is 1. The summed E-state index contributed by atoms with van der Waals surface area (Å²) >= 11 is 3.37. The second-order valence-corrected chi connectivity index (χ2v) is 12.0. The number of amides is 1. The number of para-hydroxylation sites is 1. The van der Waals surface area contributed by atoms with Gasteiger partial charge in [-0.2, -0.15) is 0 Å². The van der Waals surface area contributed by atoms with Crippen LogP contribution in [0.4, 0.5) is 5.69 Å². The lowest BCUT2D eigenvalue weighted by atomic mass is 9.86. The summed E-state index contributed by atoms with van der Waals surface area (Å²) < 4.78 is 34.7. The van der Waals surface area contributed by atoms with Gasteiger partial charge in [-0.25, -0.2) is 8.42 Å². The summed E-state index contributed by atoms with van der Waals surface area (Å²) in [5.74, 6) is 0.351. The number of nitrogens with one attached hydrogen (secondary N) is 1. The molecule has 3 rings (SSSR count). The molecule has 186 valence electrons. The molecule has 6 nitrogen and oxygen atoms in total. The van der Waals surface area contributed by atoms with Crippen LogP contribution >= 0.6 is 15.9 Å². The van der Waals surface area contributed by atoms with E-state index in [1.165, 1.54) is 0 Å². The second-order valence-electron chi connectivity index (χ2n) is 9.25. The molecule has 1 N–H and O–H groups in total. The van der Waals surface area contributed by atoms with Crippen molar-refractivity contribution in [2.24, 2.45) is 0 Å². The average Bonchev–Trinajstić information content (AvgIpc) is 2.81. The molecule has 0 saturated carbocycles. The van der Waals surface area contributed by atoms with Gasteiger partial charge in [-0.1, -0.05) is 72.6 Å². The molecule has 0 aliphatic heterocycles. The van der Waals surface area contributed by atoms with Gasteiger partial charge in [0.05, 0.1) is 17.1 Å². The SMILES string of the molecule is Cc1ccc(S(=O)(=O)N(CC(=O)NCCOc2ccccc2C(C)(C)C)c2ccc(Br)cc2)cc1. The number of hydrogen-bond donors (Lipinski definition) is 1. The number of nitrogens with zero attached hydrogens (tertiary/aromatic N) is 1. The molecule has 1 amide bonds. The standard InChI is InChI=1S/C27H31BrN2O4S/c1-20-9-15-23(16-10-20)35(32,33)30(22-13-11-21(28)12-14-22)19-26(31)29-17-18-34-25-8-6-5-7-24(25)27(2,3)4/h5-16H,17-19H2,1-4H3,(H,29,31). The van der Waals surface area contributed by atoms with Crippen molar-refractivity contribution in [2.75, 3.05) is 24.0 Å². The van der Waals surface area contributed by atoms with Gasteiger partial charge in [0.2, 0.25) is 5.91 Å². The first-order chi connectivity index (χ1) is 16.5. The number of rotatable bonds is 9. The van der Waals surface area contributed by atoms with Crippen LogP contribution in [0.1, 0.15) is 31.9 Å². The minimum absolute atomic E-state index is 0.0740. The van der Waals surface area contributed by atoms with E-state index in [0.717, 1.165) is 25.7 Å². The molecule has 0 aliphatic rings. The van der Waals surface area contributed by atoms with Gasteiger partial charge < -0.3 is 10.1 Å². The number of ether oxygens (including phenoxy) is 1. The lowest BCUT2D eigenvalue weighted by Gasteiger charge is -2.24. The smallest absolute Gasteiger partial charge is 0.264 e. The zero-order chi connectivity index (χ0) is 25.6. The Hall–Kier alpha value is -2.84. The third-order valence-electron chi connectivity index (χ3n) is 5.39. The number of anilines is 1. The average molecular weight is 560 g/mol. The van der Waals surface area contributed by atoms with Crippen molar-refractivity contribution in [3.8, 4) is 5.75 Å². The van der Waals surface area contributed by atoms with E-state index in [2.05, 4.69) is 42.0 Å². The summed E-state index contributed by atoms with van der Waals surface area (Å²) in [4.78, 5) is 12.9. The predicted octanol–water partition coefficient (Wildman–Crippen LogP) is 5.45. The molecule has 0 fully saturated rings. The van der Waals surface area contributed by atoms with Crippen molar-refractivity contribution >= 4 is 37.5 Å². The number of carbonyl (C=O) groups is 1. The van der Waals surface area contributed by atoms with Crippen LogP contribution in [-0.4, -0.2) is 34.0 Å². The number of hydrogen-bond acceptors (Lipinski definition) is 4. The quantitative estimate of drug-likeness (QED) is 0.354. The molecular weight excluding hydrogens is 528 g/mol. The third kappa shape index (κ3) is 7.08. The van der Waals surface area contributed by atoms with Crippen molar-refractivity contribution in [2.45, 2.75) is 38.0 Å². The Morgan fingerprint density at radius 2 is 1.60 bits per heavy atom. The normalized spacial score (nSPS) is 11.7. The Kier molecular flexibility index (Phi) is 8.61. The van der Waals surface area contributed by atoms with Gasteiger partial charge in [-0.3, -0.25) is 9.10 Å². The number of halogens is 1. The van der Waals surface area contributed by atoms with Crippen LogP contribution in [0.15, 0.2) is 82.2 Å². The monoisotopic (exact) mass is 558 g/mol. The summed E-state index contributed by atoms with van der Waals surface area (Å²) in [7, 11) is -3.95. The summed E-state index contributed by atoms with van der Waals surface area (Å²) in [6, 6.07) is 21.2. The fourth-order valence-corrected chi connectivity index (χ4v) is 5.20. The molecule has 0 saturated heterocycles. The molecule has 0 unspecified atom stereocenters. The number of benzene rings is 3. The summed E-state index contributed by atoms with van der Waals surface area (Å²) in [6.07, 6.45) is 0. The third-order valence-corrected chi connectivity index (χ3v) is 7.70. The highest BCUT2D eigenvalue weighted by Gasteiger charge is 2.27. The van der Waals surface area contributed by atoms with Crippen molar-refractivity contribution in [1.29, 1.82) is 0 Å². The summed E-state index contributed by atoms with van der Waals surface area (Å²) in [6.45, 7) is 8.39. The van der Waals surface area contributed by atoms with Crippen LogP contribution in [0, 0.1) is 6.92 Å². The Balaban J connectivity index is 1.70. The van der Waals surface area contributed by atoms with Gasteiger partial charge in [-0.05, 0) is 60.4 Å². The zero-order valence-electron chi connectivity index (χ0n) is 20.4. The molecule has 0 bridgehead atoms. The van der Waals surface area contributed by atoms with Crippen molar-refractivity contribution < 1.29 is 17.9 Å². The van der Waals surface area contributed by atoms with Crippen molar-refractivity contribution in [1.82, 2.24) is 5.32 Å². The first-order valence-corrected chi connectivity index (χ1v) is 13.6. The van der Waals surface area contributed by atoms with E-state index in [4.69, 9.17) is 4.74 Å². The molecule has 0 heterocycles. The minimum atomic E-state index is -3.95. The lowest BCUT2D eigenvalue weighted by molar-refractivity contribution is -0.119. The second kappa shape index (κ2) is 11.3. The minimum Gasteiger partial charge on any atom is -0.491 e. The highest BCUT2D eigenvalue weighted by atomic mass is 79.9. The van der Waals surface area contributed by atoms with Gasteiger partial charge in [0, 0.05) is 4.47 Å². The maximum Gasteiger partial charge on any atom is 0.264 e. The van der Waals surface area contributed by atoms with Crippen LogP contribution in [0.25, 0.3) is 0 Å². The van der Waals surface area contributed by atoms with E-state index in [1.54, 1.807) is 48.5 Å². The van der Waals surface area contributed by atoms with E-state index >= 15 is 0 Å². The largest absolute Gasteiger partial charge is 0.491 e. The Morgan fingerprint density at radius 1 is 0.971 bits per heavy atom. The van der Waals surface area contributed by atoms with Gasteiger partial charge in [0.15, 0.2) is 0 Å². The zero-order valence-corrected chi connectivity index (χ0v) is 22.8. The molecule has 0 aromatic heterocycles. The topological polar surface area (TPSA) is 75.7 Å². The molecule has 0 atom stereocenters. The highest BCUT2D eigenvalue weighted by Crippen LogP contribution is 2.31. The molecule has 3 aromatic rings. The molecule has 35 heavy (non-hydrogen) atoms. The van der Waals surface area contributed by atoms with E-state index in [1.807, 2.05) is 31.2 Å². The molecule has 3 aromatic carbocycles. The van der Waals surface area contributed by atoms with E-state index in [9.17, 15) is 13.2 Å². The Bertz CT molecular complexity index is 1250. The highest BCUT2D eigenvalue weighted by molar-refractivity contribution is 9.10. The van der Waals surface area contributed by atoms with Gasteiger partial charge in [-0.15, -0.1) is 0 Å². The molecule has 0 spiro atoms. The first kappa shape index (κ1) is 26.8. The molecular formula is C27H31BrN2O4S. The van der Waals surface area contributed by atoms with Gasteiger partial charge in [0.25, 0.3) is 10.0 Å². The van der Waals surface area contributed by atoms with E-state index < -0.39 is 15.9 Å². The maximum absolute atomic E-state index is 13.4.